The highest BCUT2D eigenvalue weighted by Gasteiger charge is 2.19. The van der Waals surface area contributed by atoms with Crippen molar-refractivity contribution >= 4 is 46.7 Å². The molecule has 0 spiro atoms. The van der Waals surface area contributed by atoms with Crippen LogP contribution in [0.3, 0.4) is 0 Å². The summed E-state index contributed by atoms with van der Waals surface area (Å²) >= 11 is 11.7. The molecule has 0 radical (unpaired) electrons. The van der Waals surface area contributed by atoms with E-state index < -0.39 is 24.4 Å². The van der Waals surface area contributed by atoms with Crippen LogP contribution in [-0.4, -0.2) is 30.9 Å². The third-order valence-corrected chi connectivity index (χ3v) is 4.69. The lowest BCUT2D eigenvalue weighted by molar-refractivity contribution is -0.146. The fourth-order valence-corrected chi connectivity index (χ4v) is 2.82. The molecule has 0 atom stereocenters. The number of benzene rings is 2. The quantitative estimate of drug-likeness (QED) is 0.664. The molecule has 0 saturated carbocycles. The molecule has 0 unspecified atom stereocenters. The number of carbonyl (C=O) groups excluding carboxylic acids is 3. The minimum atomic E-state index is -0.738. The molecule has 0 fully saturated rings. The SMILES string of the molecule is CC(C)(C)c1ccccc1NC(=O)COC(=O)CNC(=O)c1ccc(Cl)c(Cl)c1. The molecule has 2 aromatic rings. The van der Waals surface area contributed by atoms with Crippen LogP contribution in [0.15, 0.2) is 42.5 Å². The van der Waals surface area contributed by atoms with Crippen molar-refractivity contribution in [1.82, 2.24) is 5.32 Å². The minimum absolute atomic E-state index is 0.157. The van der Waals surface area contributed by atoms with Gasteiger partial charge in [-0.05, 0) is 35.2 Å². The first-order chi connectivity index (χ1) is 13.6. The summed E-state index contributed by atoms with van der Waals surface area (Å²) in [6.07, 6.45) is 0. The fourth-order valence-electron chi connectivity index (χ4n) is 2.52. The second-order valence-electron chi connectivity index (χ2n) is 7.32. The molecule has 0 aliphatic heterocycles. The zero-order valence-corrected chi connectivity index (χ0v) is 17.9. The second kappa shape index (κ2) is 9.76. The molecule has 2 N–H and O–H groups in total. The number of anilines is 1. The van der Waals surface area contributed by atoms with E-state index >= 15 is 0 Å². The van der Waals surface area contributed by atoms with Crippen molar-refractivity contribution in [3.63, 3.8) is 0 Å². The van der Waals surface area contributed by atoms with Crippen molar-refractivity contribution in [2.75, 3.05) is 18.5 Å². The van der Waals surface area contributed by atoms with Gasteiger partial charge in [-0.15, -0.1) is 0 Å². The van der Waals surface area contributed by atoms with Crippen LogP contribution in [-0.2, 0) is 19.7 Å². The van der Waals surface area contributed by atoms with Crippen molar-refractivity contribution in [1.29, 1.82) is 0 Å². The Bertz CT molecular complexity index is 923. The molecule has 2 rings (SSSR count). The molecule has 2 aromatic carbocycles. The van der Waals surface area contributed by atoms with Crippen molar-refractivity contribution < 1.29 is 19.1 Å². The summed E-state index contributed by atoms with van der Waals surface area (Å²) in [4.78, 5) is 36.0. The van der Waals surface area contributed by atoms with Gasteiger partial charge in [-0.3, -0.25) is 14.4 Å². The fraction of sp³-hybridized carbons (Fsp3) is 0.286. The van der Waals surface area contributed by atoms with E-state index in [-0.39, 0.29) is 22.5 Å². The van der Waals surface area contributed by atoms with Gasteiger partial charge in [0.25, 0.3) is 11.8 Å². The summed E-state index contributed by atoms with van der Waals surface area (Å²) in [6, 6.07) is 11.8. The van der Waals surface area contributed by atoms with E-state index in [9.17, 15) is 14.4 Å². The maximum Gasteiger partial charge on any atom is 0.325 e. The Balaban J connectivity index is 1.83. The summed E-state index contributed by atoms with van der Waals surface area (Å²) in [5.41, 5.74) is 1.72. The van der Waals surface area contributed by atoms with E-state index in [1.807, 2.05) is 39.0 Å². The molecule has 0 aromatic heterocycles. The maximum atomic E-state index is 12.1. The lowest BCUT2D eigenvalue weighted by Crippen LogP contribution is -2.32. The van der Waals surface area contributed by atoms with Gasteiger partial charge in [0.2, 0.25) is 0 Å². The molecule has 0 aliphatic carbocycles. The van der Waals surface area contributed by atoms with Crippen LogP contribution in [0.25, 0.3) is 0 Å². The number of esters is 1. The van der Waals surface area contributed by atoms with Crippen LogP contribution in [0, 0.1) is 0 Å². The standard InChI is InChI=1S/C21H22Cl2N2O4/c1-21(2,3)14-6-4-5-7-17(14)25-18(26)12-29-19(27)11-24-20(28)13-8-9-15(22)16(23)10-13/h4-10H,11-12H2,1-3H3,(H,24,28)(H,25,26). The van der Waals surface area contributed by atoms with Gasteiger partial charge in [0.05, 0.1) is 10.0 Å². The highest BCUT2D eigenvalue weighted by atomic mass is 35.5. The molecule has 0 heterocycles. The van der Waals surface area contributed by atoms with Crippen LogP contribution >= 0.6 is 23.2 Å². The average molecular weight is 437 g/mol. The van der Waals surface area contributed by atoms with Crippen LogP contribution in [0.1, 0.15) is 36.7 Å². The van der Waals surface area contributed by atoms with E-state index in [0.717, 1.165) is 5.56 Å². The van der Waals surface area contributed by atoms with Gasteiger partial charge in [0, 0.05) is 11.3 Å². The summed E-state index contributed by atoms with van der Waals surface area (Å²) in [6.45, 7) is 5.27. The zero-order valence-electron chi connectivity index (χ0n) is 16.3. The lowest BCUT2D eigenvalue weighted by Gasteiger charge is -2.22. The number of ether oxygens (including phenoxy) is 1. The smallest absolute Gasteiger partial charge is 0.325 e. The predicted molar refractivity (Wildman–Crippen MR) is 114 cm³/mol. The van der Waals surface area contributed by atoms with Gasteiger partial charge in [-0.2, -0.15) is 0 Å². The Morgan fingerprint density at radius 1 is 1.00 bits per heavy atom. The first kappa shape index (κ1) is 22.7. The Hall–Kier alpha value is -2.57. The molecule has 8 heteroatoms. The lowest BCUT2D eigenvalue weighted by atomic mass is 9.86. The van der Waals surface area contributed by atoms with Crippen molar-refractivity contribution in [3.05, 3.63) is 63.6 Å². The summed E-state index contributed by atoms with van der Waals surface area (Å²) in [5.74, 6) is -1.72. The van der Waals surface area contributed by atoms with Crippen molar-refractivity contribution in [2.45, 2.75) is 26.2 Å². The molecular formula is C21H22Cl2N2O4. The van der Waals surface area contributed by atoms with E-state index in [2.05, 4.69) is 10.6 Å². The Morgan fingerprint density at radius 3 is 2.34 bits per heavy atom. The number of para-hydroxylation sites is 1. The Kier molecular flexibility index (Phi) is 7.65. The van der Waals surface area contributed by atoms with Gasteiger partial charge >= 0.3 is 5.97 Å². The first-order valence-electron chi connectivity index (χ1n) is 8.86. The molecular weight excluding hydrogens is 415 g/mol. The monoisotopic (exact) mass is 436 g/mol. The molecule has 0 saturated heterocycles. The third kappa shape index (κ3) is 6.76. The molecule has 6 nitrogen and oxygen atoms in total. The van der Waals surface area contributed by atoms with Crippen LogP contribution in [0.5, 0.6) is 0 Å². The molecule has 29 heavy (non-hydrogen) atoms. The largest absolute Gasteiger partial charge is 0.454 e. The molecule has 2 amide bonds. The van der Waals surface area contributed by atoms with E-state index in [1.54, 1.807) is 6.07 Å². The molecule has 0 bridgehead atoms. The van der Waals surface area contributed by atoms with E-state index in [1.165, 1.54) is 18.2 Å². The van der Waals surface area contributed by atoms with Gasteiger partial charge in [0.1, 0.15) is 6.54 Å². The van der Waals surface area contributed by atoms with Crippen LogP contribution < -0.4 is 10.6 Å². The highest BCUT2D eigenvalue weighted by molar-refractivity contribution is 6.42. The second-order valence-corrected chi connectivity index (χ2v) is 8.13. The maximum absolute atomic E-state index is 12.1. The first-order valence-corrected chi connectivity index (χ1v) is 9.62. The third-order valence-electron chi connectivity index (χ3n) is 3.95. The van der Waals surface area contributed by atoms with Crippen LogP contribution in [0.2, 0.25) is 10.0 Å². The normalized spacial score (nSPS) is 10.9. The predicted octanol–water partition coefficient (Wildman–Crippen LogP) is 4.20. The number of amides is 2. The highest BCUT2D eigenvalue weighted by Crippen LogP contribution is 2.29. The van der Waals surface area contributed by atoms with Gasteiger partial charge in [-0.1, -0.05) is 62.2 Å². The average Bonchev–Trinajstić information content (AvgIpc) is 2.66. The Labute approximate surface area is 179 Å². The number of nitrogens with one attached hydrogen (secondary N) is 2. The van der Waals surface area contributed by atoms with Gasteiger partial charge in [0.15, 0.2) is 6.61 Å². The molecule has 154 valence electrons. The summed E-state index contributed by atoms with van der Waals surface area (Å²) in [5, 5.41) is 5.70. The van der Waals surface area contributed by atoms with E-state index in [0.29, 0.717) is 10.7 Å². The number of rotatable bonds is 6. The number of hydrogen-bond donors (Lipinski definition) is 2. The summed E-state index contributed by atoms with van der Waals surface area (Å²) < 4.78 is 4.92. The molecule has 0 aliphatic rings. The number of carbonyl (C=O) groups is 3. The van der Waals surface area contributed by atoms with Gasteiger partial charge in [-0.25, -0.2) is 0 Å². The van der Waals surface area contributed by atoms with Gasteiger partial charge < -0.3 is 15.4 Å². The van der Waals surface area contributed by atoms with Crippen LogP contribution in [0.4, 0.5) is 5.69 Å². The Morgan fingerprint density at radius 2 is 1.69 bits per heavy atom. The van der Waals surface area contributed by atoms with E-state index in [4.69, 9.17) is 27.9 Å². The van der Waals surface area contributed by atoms with Crippen molar-refractivity contribution in [2.24, 2.45) is 0 Å². The number of halogens is 2. The topological polar surface area (TPSA) is 84.5 Å². The number of hydrogen-bond acceptors (Lipinski definition) is 4. The minimum Gasteiger partial charge on any atom is -0.454 e. The zero-order chi connectivity index (χ0) is 21.6. The summed E-state index contributed by atoms with van der Waals surface area (Å²) in [7, 11) is 0. The van der Waals surface area contributed by atoms with Crippen molar-refractivity contribution in [3.8, 4) is 0 Å².